The van der Waals surface area contributed by atoms with Gasteiger partial charge < -0.3 is 14.6 Å². The van der Waals surface area contributed by atoms with Crippen molar-refractivity contribution in [2.45, 2.75) is 31.9 Å². The Hall–Kier alpha value is -2.66. The molecule has 1 unspecified atom stereocenters. The zero-order valence-corrected chi connectivity index (χ0v) is 14.7. The van der Waals surface area contributed by atoms with Crippen LogP contribution < -0.4 is 0 Å². The Labute approximate surface area is 152 Å². The van der Waals surface area contributed by atoms with Crippen LogP contribution in [0.1, 0.15) is 36.8 Å². The molecule has 0 radical (unpaired) electrons. The first-order valence-electron chi connectivity index (χ1n) is 9.20. The number of likely N-dealkylation sites (tertiary alicyclic amines) is 1. The number of carbonyl (C=O) groups excluding carboxylic acids is 1. The van der Waals surface area contributed by atoms with Gasteiger partial charge in [-0.2, -0.15) is 0 Å². The first kappa shape index (κ1) is 16.8. The summed E-state index contributed by atoms with van der Waals surface area (Å²) in [7, 11) is 0. The van der Waals surface area contributed by atoms with Crippen LogP contribution in [0.5, 0.6) is 0 Å². The Bertz CT molecular complexity index is 898. The molecule has 0 spiro atoms. The second-order valence-electron chi connectivity index (χ2n) is 6.80. The van der Waals surface area contributed by atoms with Crippen LogP contribution in [0.15, 0.2) is 54.6 Å². The van der Waals surface area contributed by atoms with Crippen molar-refractivity contribution >= 4 is 16.9 Å². The monoisotopic (exact) mass is 349 g/mol. The van der Waals surface area contributed by atoms with Crippen LogP contribution in [0, 0.1) is 0 Å². The van der Waals surface area contributed by atoms with Crippen molar-refractivity contribution in [2.24, 2.45) is 0 Å². The number of aliphatic hydroxyl groups excluding tert-OH is 1. The molecule has 1 saturated heterocycles. The van der Waals surface area contributed by atoms with Gasteiger partial charge in [0.1, 0.15) is 18.5 Å². The highest BCUT2D eigenvalue weighted by Gasteiger charge is 2.23. The number of carbonyl (C=O) groups is 1. The summed E-state index contributed by atoms with van der Waals surface area (Å²) in [6.07, 6.45) is 2.46. The molecule has 3 aromatic rings. The van der Waals surface area contributed by atoms with Gasteiger partial charge in [0.15, 0.2) is 0 Å². The zero-order valence-electron chi connectivity index (χ0n) is 14.7. The second-order valence-corrected chi connectivity index (χ2v) is 6.80. The summed E-state index contributed by atoms with van der Waals surface area (Å²) in [5.74, 6) is 0.608. The third-order valence-electron chi connectivity index (χ3n) is 5.05. The minimum Gasteiger partial charge on any atom is -0.380 e. The van der Waals surface area contributed by atoms with E-state index in [2.05, 4.69) is 4.98 Å². The molecule has 4 rings (SSSR count). The number of hydrogen-bond acceptors (Lipinski definition) is 3. The fourth-order valence-corrected chi connectivity index (χ4v) is 3.63. The molecule has 134 valence electrons. The summed E-state index contributed by atoms with van der Waals surface area (Å²) in [4.78, 5) is 19.4. The molecule has 0 saturated carbocycles. The van der Waals surface area contributed by atoms with Crippen molar-refractivity contribution in [3.8, 4) is 0 Å². The molecule has 26 heavy (non-hydrogen) atoms. The fourth-order valence-electron chi connectivity index (χ4n) is 3.63. The minimum absolute atomic E-state index is 0.0920. The molecular weight excluding hydrogens is 326 g/mol. The molecule has 5 heteroatoms. The first-order valence-corrected chi connectivity index (χ1v) is 9.20. The molecule has 1 aliphatic heterocycles. The number of rotatable bonds is 4. The number of nitrogens with zero attached hydrogens (tertiary/aromatic N) is 3. The number of aliphatic hydroxyl groups is 1. The maximum atomic E-state index is 12.8. The van der Waals surface area contributed by atoms with E-state index in [1.165, 1.54) is 6.42 Å². The summed E-state index contributed by atoms with van der Waals surface area (Å²) in [6, 6.07) is 17.2. The number of para-hydroxylation sites is 2. The Morgan fingerprint density at radius 2 is 1.69 bits per heavy atom. The average molecular weight is 349 g/mol. The lowest BCUT2D eigenvalue weighted by atomic mass is 10.1. The molecular formula is C21H23N3O2. The van der Waals surface area contributed by atoms with Gasteiger partial charge in [0.2, 0.25) is 5.91 Å². The number of hydrogen-bond donors (Lipinski definition) is 1. The molecule has 2 aromatic carbocycles. The Morgan fingerprint density at radius 3 is 2.46 bits per heavy atom. The van der Waals surface area contributed by atoms with Crippen LogP contribution >= 0.6 is 0 Å². The molecule has 1 fully saturated rings. The van der Waals surface area contributed by atoms with Gasteiger partial charge in [0.25, 0.3) is 0 Å². The lowest BCUT2D eigenvalue weighted by Crippen LogP contribution is -2.38. The highest BCUT2D eigenvalue weighted by atomic mass is 16.3. The van der Waals surface area contributed by atoms with Gasteiger partial charge in [-0.25, -0.2) is 4.98 Å². The van der Waals surface area contributed by atoms with Crippen LogP contribution in [-0.2, 0) is 11.3 Å². The van der Waals surface area contributed by atoms with Gasteiger partial charge >= 0.3 is 0 Å². The molecule has 1 amide bonds. The number of benzene rings is 2. The summed E-state index contributed by atoms with van der Waals surface area (Å²) < 4.78 is 1.87. The predicted molar refractivity (Wildman–Crippen MR) is 101 cm³/mol. The lowest BCUT2D eigenvalue weighted by Gasteiger charge is -2.27. The SMILES string of the molecule is O=C(Cn1c(C(O)c2ccccc2)nc2ccccc21)N1CCCCC1. The molecule has 0 bridgehead atoms. The number of amides is 1. The van der Waals surface area contributed by atoms with Crippen LogP contribution in [0.2, 0.25) is 0 Å². The standard InChI is InChI=1S/C21H23N3O2/c25-19(23-13-7-2-8-14-23)15-24-18-12-6-5-11-17(18)22-21(24)20(26)16-9-3-1-4-10-16/h1,3-6,9-12,20,26H,2,7-8,13-15H2. The van der Waals surface area contributed by atoms with E-state index in [1.54, 1.807) is 0 Å². The third kappa shape index (κ3) is 3.22. The van der Waals surface area contributed by atoms with Gasteiger partial charge in [-0.15, -0.1) is 0 Å². The highest BCUT2D eigenvalue weighted by molar-refractivity contribution is 5.81. The third-order valence-corrected chi connectivity index (χ3v) is 5.05. The minimum atomic E-state index is -0.863. The van der Waals surface area contributed by atoms with E-state index in [4.69, 9.17) is 0 Å². The fraction of sp³-hybridized carbons (Fsp3) is 0.333. The smallest absolute Gasteiger partial charge is 0.242 e. The average Bonchev–Trinajstić information content (AvgIpc) is 3.07. The van der Waals surface area contributed by atoms with E-state index in [-0.39, 0.29) is 12.5 Å². The van der Waals surface area contributed by atoms with Crippen molar-refractivity contribution in [3.05, 3.63) is 66.0 Å². The number of aromatic nitrogens is 2. The lowest BCUT2D eigenvalue weighted by molar-refractivity contribution is -0.132. The molecule has 1 aromatic heterocycles. The van der Waals surface area contributed by atoms with Crippen molar-refractivity contribution < 1.29 is 9.90 Å². The van der Waals surface area contributed by atoms with Gasteiger partial charge in [-0.3, -0.25) is 4.79 Å². The van der Waals surface area contributed by atoms with Crippen molar-refractivity contribution in [3.63, 3.8) is 0 Å². The summed E-state index contributed by atoms with van der Waals surface area (Å²) in [5, 5.41) is 10.9. The summed E-state index contributed by atoms with van der Waals surface area (Å²) in [6.45, 7) is 1.85. The van der Waals surface area contributed by atoms with Crippen molar-refractivity contribution in [1.29, 1.82) is 0 Å². The Morgan fingerprint density at radius 1 is 1.00 bits per heavy atom. The van der Waals surface area contributed by atoms with E-state index in [0.29, 0.717) is 5.82 Å². The van der Waals surface area contributed by atoms with E-state index >= 15 is 0 Å². The normalized spacial score (nSPS) is 16.0. The maximum absolute atomic E-state index is 12.8. The van der Waals surface area contributed by atoms with E-state index in [0.717, 1.165) is 42.5 Å². The van der Waals surface area contributed by atoms with Crippen molar-refractivity contribution in [2.75, 3.05) is 13.1 Å². The predicted octanol–water partition coefficient (Wildman–Crippen LogP) is 3.13. The van der Waals surface area contributed by atoms with Crippen LogP contribution in [0.3, 0.4) is 0 Å². The highest BCUT2D eigenvalue weighted by Crippen LogP contribution is 2.26. The first-order chi connectivity index (χ1) is 12.7. The largest absolute Gasteiger partial charge is 0.380 e. The molecule has 1 atom stereocenters. The molecule has 2 heterocycles. The summed E-state index contributed by atoms with van der Waals surface area (Å²) >= 11 is 0. The number of piperidine rings is 1. The van der Waals surface area contributed by atoms with Crippen LogP contribution in [0.25, 0.3) is 11.0 Å². The van der Waals surface area contributed by atoms with Gasteiger partial charge in [-0.05, 0) is 37.0 Å². The molecule has 1 N–H and O–H groups in total. The second kappa shape index (κ2) is 7.30. The Kier molecular flexibility index (Phi) is 4.71. The zero-order chi connectivity index (χ0) is 17.9. The number of imidazole rings is 1. The molecule has 1 aliphatic rings. The van der Waals surface area contributed by atoms with Crippen molar-refractivity contribution in [1.82, 2.24) is 14.5 Å². The van der Waals surface area contributed by atoms with E-state index < -0.39 is 6.10 Å². The van der Waals surface area contributed by atoms with E-state index in [1.807, 2.05) is 64.1 Å². The van der Waals surface area contributed by atoms with Gasteiger partial charge in [0.05, 0.1) is 11.0 Å². The van der Waals surface area contributed by atoms with E-state index in [9.17, 15) is 9.90 Å². The topological polar surface area (TPSA) is 58.4 Å². The Balaban J connectivity index is 1.71. The quantitative estimate of drug-likeness (QED) is 0.787. The molecule has 5 nitrogen and oxygen atoms in total. The van der Waals surface area contributed by atoms with Gasteiger partial charge in [0, 0.05) is 13.1 Å². The van der Waals surface area contributed by atoms with Crippen LogP contribution in [0.4, 0.5) is 0 Å². The van der Waals surface area contributed by atoms with Crippen LogP contribution in [-0.4, -0.2) is 38.6 Å². The van der Waals surface area contributed by atoms with Gasteiger partial charge in [-0.1, -0.05) is 42.5 Å². The summed E-state index contributed by atoms with van der Waals surface area (Å²) in [5.41, 5.74) is 2.45. The number of fused-ring (bicyclic) bond motifs is 1. The molecule has 0 aliphatic carbocycles. The maximum Gasteiger partial charge on any atom is 0.242 e.